The van der Waals surface area contributed by atoms with Gasteiger partial charge in [0.2, 0.25) is 0 Å². The highest BCUT2D eigenvalue weighted by molar-refractivity contribution is 7.09. The molecular formula is C18H21NO3S. The zero-order chi connectivity index (χ0) is 16.5. The Morgan fingerprint density at radius 1 is 1.13 bits per heavy atom. The summed E-state index contributed by atoms with van der Waals surface area (Å²) in [6.07, 6.45) is 2.12. The molecule has 1 N–H and O–H groups in total. The maximum atomic E-state index is 11.7. The van der Waals surface area contributed by atoms with Gasteiger partial charge in [-0.1, -0.05) is 18.2 Å². The molecule has 0 saturated carbocycles. The molecule has 1 amide bonds. The molecule has 1 aromatic heterocycles. The molecule has 0 aliphatic carbocycles. The molecule has 0 radical (unpaired) electrons. The van der Waals surface area contributed by atoms with Crippen molar-refractivity contribution in [2.24, 2.45) is 0 Å². The Kier molecular flexibility index (Phi) is 6.81. The van der Waals surface area contributed by atoms with Crippen molar-refractivity contribution in [1.82, 2.24) is 5.32 Å². The van der Waals surface area contributed by atoms with Gasteiger partial charge in [0.1, 0.15) is 11.5 Å². The minimum Gasteiger partial charge on any atom is -0.484 e. The zero-order valence-corrected chi connectivity index (χ0v) is 14.0. The van der Waals surface area contributed by atoms with E-state index < -0.39 is 0 Å². The second kappa shape index (κ2) is 9.10. The Morgan fingerprint density at radius 2 is 1.91 bits per heavy atom. The summed E-state index contributed by atoms with van der Waals surface area (Å²) >= 11 is 1.69. The van der Waals surface area contributed by atoms with Crippen LogP contribution < -0.4 is 10.1 Å². The molecule has 1 heterocycles. The van der Waals surface area contributed by atoms with E-state index >= 15 is 0 Å². The van der Waals surface area contributed by atoms with E-state index in [4.69, 9.17) is 4.74 Å². The van der Waals surface area contributed by atoms with Crippen molar-refractivity contribution in [1.29, 1.82) is 0 Å². The van der Waals surface area contributed by atoms with Crippen molar-refractivity contribution in [3.05, 3.63) is 52.2 Å². The van der Waals surface area contributed by atoms with E-state index in [1.807, 2.05) is 35.7 Å². The number of amides is 1. The van der Waals surface area contributed by atoms with Gasteiger partial charge >= 0.3 is 0 Å². The summed E-state index contributed by atoms with van der Waals surface area (Å²) in [7, 11) is 0. The predicted molar refractivity (Wildman–Crippen MR) is 92.0 cm³/mol. The van der Waals surface area contributed by atoms with Crippen LogP contribution in [-0.4, -0.2) is 24.8 Å². The van der Waals surface area contributed by atoms with E-state index in [-0.39, 0.29) is 18.3 Å². The first-order valence-electron chi connectivity index (χ1n) is 7.64. The van der Waals surface area contributed by atoms with Crippen LogP contribution >= 0.6 is 11.3 Å². The Hall–Kier alpha value is -2.14. The predicted octanol–water partition coefficient (Wildman–Crippen LogP) is 3.01. The highest BCUT2D eigenvalue weighted by atomic mass is 32.1. The summed E-state index contributed by atoms with van der Waals surface area (Å²) in [5.41, 5.74) is 1.09. The van der Waals surface area contributed by atoms with Gasteiger partial charge in [-0.25, -0.2) is 0 Å². The van der Waals surface area contributed by atoms with Gasteiger partial charge in [-0.05, 0) is 48.9 Å². The maximum absolute atomic E-state index is 11.7. The lowest BCUT2D eigenvalue weighted by atomic mass is 10.1. The largest absolute Gasteiger partial charge is 0.484 e. The Bertz CT molecular complexity index is 620. The topological polar surface area (TPSA) is 55.4 Å². The number of ether oxygens (including phenoxy) is 1. The van der Waals surface area contributed by atoms with Crippen LogP contribution in [0.2, 0.25) is 0 Å². The first-order valence-corrected chi connectivity index (χ1v) is 8.52. The van der Waals surface area contributed by atoms with Gasteiger partial charge in [0.15, 0.2) is 6.61 Å². The summed E-state index contributed by atoms with van der Waals surface area (Å²) in [4.78, 5) is 23.9. The van der Waals surface area contributed by atoms with Crippen LogP contribution in [0.4, 0.5) is 0 Å². The van der Waals surface area contributed by atoms with Crippen molar-refractivity contribution in [3.63, 3.8) is 0 Å². The van der Waals surface area contributed by atoms with Crippen molar-refractivity contribution < 1.29 is 14.3 Å². The molecule has 2 aromatic rings. The molecule has 0 fully saturated rings. The number of nitrogens with one attached hydrogen (secondary N) is 1. The van der Waals surface area contributed by atoms with E-state index in [1.54, 1.807) is 18.3 Å². The molecule has 0 saturated heterocycles. The molecule has 0 atom stereocenters. The normalized spacial score (nSPS) is 10.3. The first kappa shape index (κ1) is 17.2. The summed E-state index contributed by atoms with van der Waals surface area (Å²) in [6.45, 7) is 2.22. The number of rotatable bonds is 9. The molecule has 4 nitrogen and oxygen atoms in total. The SMILES string of the molecule is CC(=O)CCc1ccc(OCC(=O)NCCc2cccs2)cc1. The number of benzene rings is 1. The molecule has 1 aromatic carbocycles. The number of hydrogen-bond donors (Lipinski definition) is 1. The third-order valence-corrected chi connectivity index (χ3v) is 4.27. The average molecular weight is 331 g/mol. The molecule has 0 bridgehead atoms. The van der Waals surface area contributed by atoms with Crippen LogP contribution in [-0.2, 0) is 22.4 Å². The molecule has 23 heavy (non-hydrogen) atoms. The number of aryl methyl sites for hydroxylation is 1. The van der Waals surface area contributed by atoms with Gasteiger partial charge in [0, 0.05) is 17.8 Å². The third kappa shape index (κ3) is 6.65. The van der Waals surface area contributed by atoms with Crippen LogP contribution in [0.3, 0.4) is 0 Å². The fourth-order valence-electron chi connectivity index (χ4n) is 2.05. The van der Waals surface area contributed by atoms with Gasteiger partial charge in [0.25, 0.3) is 5.91 Å². The van der Waals surface area contributed by atoms with Gasteiger partial charge in [-0.15, -0.1) is 11.3 Å². The van der Waals surface area contributed by atoms with Crippen LogP contribution in [0.15, 0.2) is 41.8 Å². The van der Waals surface area contributed by atoms with E-state index in [9.17, 15) is 9.59 Å². The Labute approximate surface area is 140 Å². The molecule has 0 unspecified atom stereocenters. The molecule has 5 heteroatoms. The average Bonchev–Trinajstić information content (AvgIpc) is 3.05. The molecular weight excluding hydrogens is 310 g/mol. The lowest BCUT2D eigenvalue weighted by molar-refractivity contribution is -0.123. The lowest BCUT2D eigenvalue weighted by Gasteiger charge is -2.08. The number of Topliss-reactive ketones (excluding diaryl/α,β-unsaturated/α-hetero) is 1. The molecule has 0 aliphatic heterocycles. The van der Waals surface area contributed by atoms with Crippen LogP contribution in [0.25, 0.3) is 0 Å². The second-order valence-corrected chi connectivity index (χ2v) is 6.35. The second-order valence-electron chi connectivity index (χ2n) is 5.31. The number of thiophene rings is 1. The van der Waals surface area contributed by atoms with E-state index in [1.165, 1.54) is 4.88 Å². The highest BCUT2D eigenvalue weighted by Crippen LogP contribution is 2.13. The van der Waals surface area contributed by atoms with E-state index in [2.05, 4.69) is 11.4 Å². The number of carbonyl (C=O) groups is 2. The van der Waals surface area contributed by atoms with Crippen LogP contribution in [0.5, 0.6) is 5.75 Å². The van der Waals surface area contributed by atoms with Gasteiger partial charge in [-0.3, -0.25) is 4.79 Å². The highest BCUT2D eigenvalue weighted by Gasteiger charge is 2.03. The van der Waals surface area contributed by atoms with E-state index in [0.29, 0.717) is 18.7 Å². The van der Waals surface area contributed by atoms with Crippen molar-refractivity contribution in [2.75, 3.05) is 13.2 Å². The van der Waals surface area contributed by atoms with Gasteiger partial charge < -0.3 is 14.8 Å². The minimum atomic E-state index is -0.123. The van der Waals surface area contributed by atoms with Gasteiger partial charge in [0.05, 0.1) is 0 Å². The van der Waals surface area contributed by atoms with E-state index in [0.717, 1.165) is 18.4 Å². The summed E-state index contributed by atoms with van der Waals surface area (Å²) in [5.74, 6) is 0.719. The maximum Gasteiger partial charge on any atom is 0.257 e. The summed E-state index contributed by atoms with van der Waals surface area (Å²) in [5, 5.41) is 4.87. The Morgan fingerprint density at radius 3 is 2.57 bits per heavy atom. The molecule has 0 aliphatic rings. The molecule has 0 spiro atoms. The van der Waals surface area contributed by atoms with Crippen molar-refractivity contribution >= 4 is 23.0 Å². The van der Waals surface area contributed by atoms with Crippen molar-refractivity contribution in [3.8, 4) is 5.75 Å². The minimum absolute atomic E-state index is 0.0111. The van der Waals surface area contributed by atoms with Crippen LogP contribution in [0, 0.1) is 0 Å². The lowest BCUT2D eigenvalue weighted by Crippen LogP contribution is -2.30. The quantitative estimate of drug-likeness (QED) is 0.768. The summed E-state index contributed by atoms with van der Waals surface area (Å²) < 4.78 is 5.46. The standard InChI is InChI=1S/C18H21NO3S/c1-14(20)4-5-15-6-8-16(9-7-15)22-13-18(21)19-11-10-17-3-2-12-23-17/h2-3,6-9,12H,4-5,10-11,13H2,1H3,(H,19,21). The summed E-state index contributed by atoms with van der Waals surface area (Å²) in [6, 6.07) is 11.6. The van der Waals surface area contributed by atoms with Gasteiger partial charge in [-0.2, -0.15) is 0 Å². The monoisotopic (exact) mass is 331 g/mol. The van der Waals surface area contributed by atoms with Crippen LogP contribution in [0.1, 0.15) is 23.8 Å². The number of carbonyl (C=O) groups excluding carboxylic acids is 2. The molecule has 2 rings (SSSR count). The zero-order valence-electron chi connectivity index (χ0n) is 13.2. The fraction of sp³-hybridized carbons (Fsp3) is 0.333. The fourth-order valence-corrected chi connectivity index (χ4v) is 2.76. The Balaban J connectivity index is 1.66. The van der Waals surface area contributed by atoms with Crippen molar-refractivity contribution in [2.45, 2.75) is 26.2 Å². The smallest absolute Gasteiger partial charge is 0.257 e. The third-order valence-electron chi connectivity index (χ3n) is 3.33. The number of ketones is 1. The number of hydrogen-bond acceptors (Lipinski definition) is 4. The first-order chi connectivity index (χ1) is 11.1. The molecule has 122 valence electrons.